The van der Waals surface area contributed by atoms with Crippen LogP contribution in [-0.4, -0.2) is 17.0 Å². The van der Waals surface area contributed by atoms with Crippen LogP contribution in [0.1, 0.15) is 10.4 Å². The molecule has 0 aliphatic carbocycles. The minimum Gasteiger partial charge on any atom is -0.372 e. The smallest absolute Gasteiger partial charge is 0.147 e. The summed E-state index contributed by atoms with van der Waals surface area (Å²) in [6, 6.07) is 2.12. The van der Waals surface area contributed by atoms with Crippen molar-refractivity contribution in [3.05, 3.63) is 34.3 Å². The van der Waals surface area contributed by atoms with E-state index in [-0.39, 0.29) is 0 Å². The van der Waals surface area contributed by atoms with Crippen molar-refractivity contribution < 1.29 is 0 Å². The zero-order chi connectivity index (χ0) is 11.4. The number of hydrogen-bond acceptors (Lipinski definition) is 5. The molecule has 2 heterocycles. The van der Waals surface area contributed by atoms with E-state index in [1.807, 2.05) is 7.05 Å². The zero-order valence-electron chi connectivity index (χ0n) is 9.32. The van der Waals surface area contributed by atoms with Crippen LogP contribution in [0.15, 0.2) is 23.8 Å². The van der Waals surface area contributed by atoms with Crippen molar-refractivity contribution in [2.75, 3.05) is 17.7 Å². The van der Waals surface area contributed by atoms with Crippen LogP contribution in [0.25, 0.3) is 0 Å². The van der Waals surface area contributed by atoms with Gasteiger partial charge in [-0.15, -0.1) is 11.3 Å². The van der Waals surface area contributed by atoms with E-state index in [2.05, 4.69) is 39.0 Å². The number of rotatable bonds is 4. The molecular formula is C11H14N4S. The Hall–Kier alpha value is -1.62. The average molecular weight is 234 g/mol. The van der Waals surface area contributed by atoms with E-state index in [1.165, 1.54) is 10.4 Å². The van der Waals surface area contributed by atoms with Gasteiger partial charge in [-0.2, -0.15) is 0 Å². The minimum atomic E-state index is 0.771. The highest BCUT2D eigenvalue weighted by Crippen LogP contribution is 2.17. The summed E-state index contributed by atoms with van der Waals surface area (Å²) in [5.41, 5.74) is 1.32. The maximum absolute atomic E-state index is 4.34. The van der Waals surface area contributed by atoms with Gasteiger partial charge < -0.3 is 10.6 Å². The minimum absolute atomic E-state index is 0.771. The Morgan fingerprint density at radius 2 is 2.12 bits per heavy atom. The quantitative estimate of drug-likeness (QED) is 0.853. The molecule has 0 unspecified atom stereocenters. The molecule has 0 saturated heterocycles. The second kappa shape index (κ2) is 4.94. The number of nitrogens with one attached hydrogen (secondary N) is 2. The van der Waals surface area contributed by atoms with Gasteiger partial charge in [0.05, 0.1) is 18.9 Å². The maximum atomic E-state index is 4.34. The van der Waals surface area contributed by atoms with E-state index in [4.69, 9.17) is 0 Å². The maximum Gasteiger partial charge on any atom is 0.147 e. The highest BCUT2D eigenvalue weighted by molar-refractivity contribution is 7.10. The fraction of sp³-hybridized carbons (Fsp3) is 0.273. The van der Waals surface area contributed by atoms with Crippen LogP contribution in [0, 0.1) is 6.92 Å². The summed E-state index contributed by atoms with van der Waals surface area (Å²) in [7, 11) is 1.83. The second-order valence-electron chi connectivity index (χ2n) is 3.42. The van der Waals surface area contributed by atoms with E-state index < -0.39 is 0 Å². The van der Waals surface area contributed by atoms with Crippen LogP contribution < -0.4 is 10.6 Å². The van der Waals surface area contributed by atoms with Gasteiger partial charge in [-0.25, -0.2) is 4.98 Å². The molecule has 2 N–H and O–H groups in total. The number of anilines is 2. The summed E-state index contributed by atoms with van der Waals surface area (Å²) in [5.74, 6) is 1.56. The highest BCUT2D eigenvalue weighted by atomic mass is 32.1. The largest absolute Gasteiger partial charge is 0.372 e. The highest BCUT2D eigenvalue weighted by Gasteiger charge is 2.01. The lowest BCUT2D eigenvalue weighted by molar-refractivity contribution is 1.09. The summed E-state index contributed by atoms with van der Waals surface area (Å²) in [6.07, 6.45) is 3.42. The van der Waals surface area contributed by atoms with Gasteiger partial charge in [0.1, 0.15) is 11.6 Å². The third-order valence-corrected chi connectivity index (χ3v) is 3.31. The first-order valence-corrected chi connectivity index (χ1v) is 5.94. The SMILES string of the molecule is CNc1cncc(NCc2sccc2C)n1. The Balaban J connectivity index is 2.02. The summed E-state index contributed by atoms with van der Waals surface area (Å²) in [4.78, 5) is 9.76. The van der Waals surface area contributed by atoms with E-state index in [0.717, 1.165) is 18.2 Å². The molecule has 4 nitrogen and oxygen atoms in total. The Morgan fingerprint density at radius 3 is 2.81 bits per heavy atom. The summed E-state index contributed by atoms with van der Waals surface area (Å²) in [6.45, 7) is 2.91. The molecule has 0 bridgehead atoms. The zero-order valence-corrected chi connectivity index (χ0v) is 10.1. The van der Waals surface area contributed by atoms with E-state index in [1.54, 1.807) is 23.7 Å². The first-order valence-electron chi connectivity index (χ1n) is 5.06. The number of aryl methyl sites for hydroxylation is 1. The average Bonchev–Trinajstić information content (AvgIpc) is 2.72. The van der Waals surface area contributed by atoms with Crippen molar-refractivity contribution in [3.8, 4) is 0 Å². The number of hydrogen-bond donors (Lipinski definition) is 2. The van der Waals surface area contributed by atoms with Crippen molar-refractivity contribution in [1.29, 1.82) is 0 Å². The molecular weight excluding hydrogens is 220 g/mol. The van der Waals surface area contributed by atoms with Gasteiger partial charge in [0, 0.05) is 11.9 Å². The van der Waals surface area contributed by atoms with Crippen molar-refractivity contribution in [2.45, 2.75) is 13.5 Å². The van der Waals surface area contributed by atoms with Crippen LogP contribution in [0.4, 0.5) is 11.6 Å². The Kier molecular flexibility index (Phi) is 3.36. The van der Waals surface area contributed by atoms with Crippen LogP contribution in [0.5, 0.6) is 0 Å². The second-order valence-corrected chi connectivity index (χ2v) is 4.42. The monoisotopic (exact) mass is 234 g/mol. The van der Waals surface area contributed by atoms with E-state index in [0.29, 0.717) is 0 Å². The van der Waals surface area contributed by atoms with Crippen LogP contribution in [0.3, 0.4) is 0 Å². The molecule has 16 heavy (non-hydrogen) atoms. The first-order chi connectivity index (χ1) is 7.79. The standard InChI is InChI=1S/C11H14N4S/c1-8-3-4-16-9(8)5-14-11-7-13-6-10(12-2)15-11/h3-4,6-7H,5H2,1-2H3,(H2,12,14,15). The predicted molar refractivity (Wildman–Crippen MR) is 68.0 cm³/mol. The molecule has 0 radical (unpaired) electrons. The molecule has 2 aromatic heterocycles. The molecule has 0 aromatic carbocycles. The summed E-state index contributed by atoms with van der Waals surface area (Å²) < 4.78 is 0. The topological polar surface area (TPSA) is 49.8 Å². The molecule has 0 aliphatic heterocycles. The molecule has 2 aromatic rings. The molecule has 5 heteroatoms. The molecule has 84 valence electrons. The van der Waals surface area contributed by atoms with Gasteiger partial charge in [-0.05, 0) is 23.9 Å². The van der Waals surface area contributed by atoms with Gasteiger partial charge in [0.15, 0.2) is 0 Å². The third-order valence-electron chi connectivity index (χ3n) is 2.29. The Bertz CT molecular complexity index is 467. The predicted octanol–water partition coefficient (Wildman–Crippen LogP) is 2.50. The molecule has 0 atom stereocenters. The molecule has 0 saturated carbocycles. The van der Waals surface area contributed by atoms with Crippen molar-refractivity contribution >= 4 is 23.0 Å². The fourth-order valence-electron chi connectivity index (χ4n) is 1.33. The number of nitrogens with zero attached hydrogens (tertiary/aromatic N) is 2. The molecule has 0 aliphatic rings. The van der Waals surface area contributed by atoms with Crippen LogP contribution >= 0.6 is 11.3 Å². The van der Waals surface area contributed by atoms with Gasteiger partial charge >= 0.3 is 0 Å². The number of thiophene rings is 1. The summed E-state index contributed by atoms with van der Waals surface area (Å²) >= 11 is 1.75. The normalized spacial score (nSPS) is 10.1. The Morgan fingerprint density at radius 1 is 1.31 bits per heavy atom. The Labute approximate surface area is 98.8 Å². The van der Waals surface area contributed by atoms with Gasteiger partial charge in [-0.1, -0.05) is 0 Å². The fourth-order valence-corrected chi connectivity index (χ4v) is 2.17. The lowest BCUT2D eigenvalue weighted by Gasteiger charge is -2.06. The molecule has 0 fully saturated rings. The molecule has 0 spiro atoms. The molecule has 0 amide bonds. The van der Waals surface area contributed by atoms with Crippen molar-refractivity contribution in [1.82, 2.24) is 9.97 Å². The van der Waals surface area contributed by atoms with E-state index in [9.17, 15) is 0 Å². The molecule has 2 rings (SSSR count). The lowest BCUT2D eigenvalue weighted by Crippen LogP contribution is -2.03. The van der Waals surface area contributed by atoms with Crippen LogP contribution in [-0.2, 0) is 6.54 Å². The van der Waals surface area contributed by atoms with E-state index >= 15 is 0 Å². The van der Waals surface area contributed by atoms with Crippen molar-refractivity contribution in [2.24, 2.45) is 0 Å². The first kappa shape index (κ1) is 10.9. The third kappa shape index (κ3) is 2.49. The lowest BCUT2D eigenvalue weighted by atomic mass is 10.3. The van der Waals surface area contributed by atoms with Gasteiger partial charge in [0.25, 0.3) is 0 Å². The van der Waals surface area contributed by atoms with Crippen molar-refractivity contribution in [3.63, 3.8) is 0 Å². The number of aromatic nitrogens is 2. The van der Waals surface area contributed by atoms with Gasteiger partial charge in [0.2, 0.25) is 0 Å². The van der Waals surface area contributed by atoms with Crippen LogP contribution in [0.2, 0.25) is 0 Å². The van der Waals surface area contributed by atoms with Gasteiger partial charge in [-0.3, -0.25) is 4.98 Å². The summed E-state index contributed by atoms with van der Waals surface area (Å²) in [5, 5.41) is 8.32.